The smallest absolute Gasteiger partial charge is 0.414 e. The zero-order valence-electron chi connectivity index (χ0n) is 24.7. The summed E-state index contributed by atoms with van der Waals surface area (Å²) in [6.07, 6.45) is -2.17. The van der Waals surface area contributed by atoms with E-state index in [-0.39, 0.29) is 28.7 Å². The standard InChI is InChI=1S/C29H36ClN5O8/c1-28(2,3)42-26(40)34-25(35-27(41)43-29(4,5)6)32-20-13-18(12-19(30)14-20)24(39)31-16-22(36)33-21(15-23(37)38)17-10-8-7-9-11-17/h7-14,21H,15-16H2,1-6H3,(H,31,39)(H,33,36)(H,37,38)(H2,32,34,35,40,41). The van der Waals surface area contributed by atoms with E-state index >= 15 is 0 Å². The summed E-state index contributed by atoms with van der Waals surface area (Å²) in [6, 6.07) is 11.8. The first-order valence-corrected chi connectivity index (χ1v) is 13.5. The number of rotatable bonds is 8. The Balaban J connectivity index is 2.21. The topological polar surface area (TPSA) is 185 Å². The molecule has 43 heavy (non-hydrogen) atoms. The third kappa shape index (κ3) is 13.7. The number of aliphatic carboxylic acids is 1. The molecule has 5 N–H and O–H groups in total. The highest BCUT2D eigenvalue weighted by atomic mass is 35.5. The van der Waals surface area contributed by atoms with E-state index in [9.17, 15) is 29.1 Å². The van der Waals surface area contributed by atoms with E-state index in [0.29, 0.717) is 5.56 Å². The number of aliphatic imine (C=N–C) groups is 1. The summed E-state index contributed by atoms with van der Waals surface area (Å²) in [6.45, 7) is 9.46. The van der Waals surface area contributed by atoms with Crippen LogP contribution in [0, 0.1) is 0 Å². The van der Waals surface area contributed by atoms with Crippen LogP contribution in [-0.4, -0.2) is 58.8 Å². The van der Waals surface area contributed by atoms with Crippen LogP contribution in [0.3, 0.4) is 0 Å². The summed E-state index contributed by atoms with van der Waals surface area (Å²) in [4.78, 5) is 65.7. The van der Waals surface area contributed by atoms with Gasteiger partial charge in [-0.25, -0.2) is 14.6 Å². The number of benzene rings is 2. The van der Waals surface area contributed by atoms with Crippen LogP contribution in [0.4, 0.5) is 15.3 Å². The van der Waals surface area contributed by atoms with E-state index in [2.05, 4.69) is 26.3 Å². The zero-order chi connectivity index (χ0) is 32.4. The third-order valence-corrected chi connectivity index (χ3v) is 5.17. The number of nitrogens with one attached hydrogen (secondary N) is 4. The lowest BCUT2D eigenvalue weighted by Crippen LogP contribution is -2.47. The number of halogens is 1. The second-order valence-electron chi connectivity index (χ2n) is 11.2. The first-order valence-electron chi connectivity index (χ1n) is 13.1. The minimum absolute atomic E-state index is 0.0121. The molecular weight excluding hydrogens is 582 g/mol. The molecule has 2 aromatic carbocycles. The number of ether oxygens (including phenoxy) is 2. The van der Waals surface area contributed by atoms with Crippen molar-refractivity contribution in [1.82, 2.24) is 21.3 Å². The predicted molar refractivity (Wildman–Crippen MR) is 159 cm³/mol. The van der Waals surface area contributed by atoms with Gasteiger partial charge in [-0.2, -0.15) is 0 Å². The molecule has 0 radical (unpaired) electrons. The van der Waals surface area contributed by atoms with Crippen molar-refractivity contribution in [3.05, 3.63) is 64.7 Å². The molecule has 4 amide bonds. The van der Waals surface area contributed by atoms with Crippen LogP contribution in [-0.2, 0) is 19.1 Å². The van der Waals surface area contributed by atoms with Crippen molar-refractivity contribution in [3.8, 4) is 0 Å². The fourth-order valence-electron chi connectivity index (χ4n) is 3.41. The molecule has 1 atom stereocenters. The molecule has 0 aliphatic rings. The Hall–Kier alpha value is -4.65. The Kier molecular flexibility index (Phi) is 12.1. The molecule has 0 aliphatic heterocycles. The number of carbonyl (C=O) groups excluding carboxylic acids is 4. The highest BCUT2D eigenvalue weighted by Crippen LogP contribution is 2.22. The molecule has 1 unspecified atom stereocenters. The molecule has 232 valence electrons. The summed E-state index contributed by atoms with van der Waals surface area (Å²) in [5.41, 5.74) is -1.02. The Bertz CT molecular complexity index is 1340. The van der Waals surface area contributed by atoms with Crippen molar-refractivity contribution in [2.75, 3.05) is 6.54 Å². The summed E-state index contributed by atoms with van der Waals surface area (Å²) in [5, 5.41) is 19.0. The Morgan fingerprint density at radius 3 is 1.95 bits per heavy atom. The maximum atomic E-state index is 12.9. The average Bonchev–Trinajstić information content (AvgIpc) is 2.84. The van der Waals surface area contributed by atoms with E-state index in [1.165, 1.54) is 18.2 Å². The monoisotopic (exact) mass is 617 g/mol. The van der Waals surface area contributed by atoms with Gasteiger partial charge in [0.1, 0.15) is 11.2 Å². The highest BCUT2D eigenvalue weighted by Gasteiger charge is 2.22. The highest BCUT2D eigenvalue weighted by molar-refractivity contribution is 6.31. The van der Waals surface area contributed by atoms with Gasteiger partial charge < -0.3 is 25.2 Å². The largest absolute Gasteiger partial charge is 0.481 e. The van der Waals surface area contributed by atoms with Crippen LogP contribution < -0.4 is 21.3 Å². The molecule has 0 saturated heterocycles. The predicted octanol–water partition coefficient (Wildman–Crippen LogP) is 4.44. The summed E-state index contributed by atoms with van der Waals surface area (Å²) in [5.74, 6) is -2.77. The average molecular weight is 618 g/mol. The van der Waals surface area contributed by atoms with Crippen molar-refractivity contribution < 1.29 is 38.6 Å². The van der Waals surface area contributed by atoms with Gasteiger partial charge in [0.25, 0.3) is 5.91 Å². The molecule has 13 nitrogen and oxygen atoms in total. The van der Waals surface area contributed by atoms with Crippen LogP contribution in [0.2, 0.25) is 5.02 Å². The zero-order valence-corrected chi connectivity index (χ0v) is 25.5. The summed E-state index contributed by atoms with van der Waals surface area (Å²) >= 11 is 6.20. The van der Waals surface area contributed by atoms with Gasteiger partial charge in [-0.1, -0.05) is 41.9 Å². The quantitative estimate of drug-likeness (QED) is 0.212. The molecule has 0 aromatic heterocycles. The molecule has 0 saturated carbocycles. The maximum absolute atomic E-state index is 12.9. The Morgan fingerprint density at radius 1 is 0.884 bits per heavy atom. The minimum atomic E-state index is -1.10. The minimum Gasteiger partial charge on any atom is -0.481 e. The van der Waals surface area contributed by atoms with Gasteiger partial charge in [-0.3, -0.25) is 25.0 Å². The first kappa shape index (κ1) is 34.6. The van der Waals surface area contributed by atoms with Gasteiger partial charge in [-0.05, 0) is 65.3 Å². The van der Waals surface area contributed by atoms with Crippen LogP contribution in [0.25, 0.3) is 0 Å². The summed E-state index contributed by atoms with van der Waals surface area (Å²) < 4.78 is 10.4. The number of carboxylic acids is 1. The van der Waals surface area contributed by atoms with Crippen molar-refractivity contribution in [1.29, 1.82) is 0 Å². The second kappa shape index (κ2) is 15.0. The number of carbonyl (C=O) groups is 5. The number of guanidine groups is 1. The first-order chi connectivity index (χ1) is 19.9. The summed E-state index contributed by atoms with van der Waals surface area (Å²) in [7, 11) is 0. The van der Waals surface area contributed by atoms with Crippen molar-refractivity contribution in [2.45, 2.75) is 65.2 Å². The third-order valence-electron chi connectivity index (χ3n) is 4.95. The SMILES string of the molecule is CC(C)(C)OC(=O)NC(=Nc1cc(Cl)cc(C(=O)NCC(=O)NC(CC(=O)O)c2ccccc2)c1)NC(=O)OC(C)(C)C. The molecule has 0 bridgehead atoms. The number of alkyl carbamates (subject to hydrolysis) is 2. The van der Waals surface area contributed by atoms with Gasteiger partial charge >= 0.3 is 18.2 Å². The van der Waals surface area contributed by atoms with Crippen LogP contribution in [0.5, 0.6) is 0 Å². The number of carboxylic acid groups (broad SMARTS) is 1. The number of nitrogens with zero attached hydrogens (tertiary/aromatic N) is 1. The van der Waals surface area contributed by atoms with E-state index < -0.39 is 53.8 Å². The molecule has 2 rings (SSSR count). The Labute approximate surface area is 254 Å². The van der Waals surface area contributed by atoms with Gasteiger partial charge in [0, 0.05) is 10.6 Å². The molecule has 0 spiro atoms. The van der Waals surface area contributed by atoms with Crippen LogP contribution in [0.15, 0.2) is 53.5 Å². The number of hydrogen-bond donors (Lipinski definition) is 5. The maximum Gasteiger partial charge on any atom is 0.414 e. The van der Waals surface area contributed by atoms with Crippen molar-refractivity contribution in [2.24, 2.45) is 4.99 Å². The lowest BCUT2D eigenvalue weighted by Gasteiger charge is -2.22. The number of amides is 4. The molecule has 0 fully saturated rings. The molecule has 0 heterocycles. The van der Waals surface area contributed by atoms with E-state index in [1.807, 2.05) is 0 Å². The molecule has 2 aromatic rings. The lowest BCUT2D eigenvalue weighted by atomic mass is 10.0. The molecule has 0 aliphatic carbocycles. The van der Waals surface area contributed by atoms with Crippen LogP contribution >= 0.6 is 11.6 Å². The molecule has 14 heteroatoms. The van der Waals surface area contributed by atoms with Gasteiger partial charge in [0.2, 0.25) is 11.9 Å². The van der Waals surface area contributed by atoms with E-state index in [0.717, 1.165) is 0 Å². The van der Waals surface area contributed by atoms with Gasteiger partial charge in [-0.15, -0.1) is 0 Å². The van der Waals surface area contributed by atoms with Crippen molar-refractivity contribution in [3.63, 3.8) is 0 Å². The lowest BCUT2D eigenvalue weighted by molar-refractivity contribution is -0.137. The van der Waals surface area contributed by atoms with Gasteiger partial charge in [0.05, 0.1) is 24.7 Å². The van der Waals surface area contributed by atoms with Crippen LogP contribution in [0.1, 0.15) is 69.9 Å². The Morgan fingerprint density at radius 2 is 1.44 bits per heavy atom. The number of hydrogen-bond acceptors (Lipinski definition) is 8. The molecular formula is C29H36ClN5O8. The van der Waals surface area contributed by atoms with E-state index in [4.69, 9.17) is 21.1 Å². The van der Waals surface area contributed by atoms with Gasteiger partial charge in [0.15, 0.2) is 0 Å². The normalized spacial score (nSPS) is 11.8. The fraction of sp³-hybridized carbons (Fsp3) is 0.379. The second-order valence-corrected chi connectivity index (χ2v) is 11.7. The van der Waals surface area contributed by atoms with E-state index in [1.54, 1.807) is 71.9 Å². The fourth-order valence-corrected chi connectivity index (χ4v) is 3.64. The van der Waals surface area contributed by atoms with Crippen molar-refractivity contribution >= 4 is 53.2 Å².